The number of halogens is 3. The van der Waals surface area contributed by atoms with Crippen molar-refractivity contribution in [3.05, 3.63) is 29.8 Å². The molecular formula is C12H13F3N2O5. The molecule has 0 radical (unpaired) electrons. The molecule has 0 fully saturated rings. The molecule has 0 bridgehead atoms. The highest BCUT2D eigenvalue weighted by atomic mass is 19.4. The number of ether oxygens (including phenoxy) is 1. The molecule has 0 aliphatic heterocycles. The second-order valence-electron chi connectivity index (χ2n) is 4.24. The van der Waals surface area contributed by atoms with Crippen molar-refractivity contribution in [2.45, 2.75) is 25.4 Å². The molecule has 10 heteroatoms. The third-order valence-electron chi connectivity index (χ3n) is 2.51. The van der Waals surface area contributed by atoms with Gasteiger partial charge in [-0.05, 0) is 31.2 Å². The van der Waals surface area contributed by atoms with E-state index in [1.54, 1.807) is 0 Å². The minimum atomic E-state index is -4.85. The minimum Gasteiger partial charge on any atom is -0.406 e. The summed E-state index contributed by atoms with van der Waals surface area (Å²) in [4.78, 5) is 23.1. The molecule has 1 aromatic rings. The molecule has 7 nitrogen and oxygen atoms in total. The molecule has 0 saturated carbocycles. The van der Waals surface area contributed by atoms with Gasteiger partial charge in [-0.2, -0.15) is 0 Å². The zero-order valence-electron chi connectivity index (χ0n) is 11.2. The van der Waals surface area contributed by atoms with E-state index in [-0.39, 0.29) is 5.56 Å². The Kier molecular flexibility index (Phi) is 5.71. The predicted molar refractivity (Wildman–Crippen MR) is 66.0 cm³/mol. The molecule has 0 aliphatic rings. The van der Waals surface area contributed by atoms with Crippen LogP contribution < -0.4 is 15.5 Å². The number of alkyl halides is 3. The molecule has 0 unspecified atom stereocenters. The van der Waals surface area contributed by atoms with Crippen LogP contribution in [0.4, 0.5) is 13.2 Å². The third-order valence-corrected chi connectivity index (χ3v) is 2.51. The number of hydroxylamine groups is 1. The molecule has 0 aromatic heterocycles. The van der Waals surface area contributed by atoms with Crippen LogP contribution >= 0.6 is 0 Å². The van der Waals surface area contributed by atoms with E-state index in [0.29, 0.717) is 0 Å². The van der Waals surface area contributed by atoms with Gasteiger partial charge in [0.25, 0.3) is 11.8 Å². The molecule has 4 N–H and O–H groups in total. The van der Waals surface area contributed by atoms with Crippen molar-refractivity contribution in [2.75, 3.05) is 0 Å². The zero-order chi connectivity index (χ0) is 16.9. The third kappa shape index (κ3) is 5.22. The average molecular weight is 322 g/mol. The molecule has 0 aliphatic carbocycles. The van der Waals surface area contributed by atoms with Crippen LogP contribution in [-0.4, -0.2) is 40.6 Å². The molecule has 1 rings (SSSR count). The van der Waals surface area contributed by atoms with Gasteiger partial charge in [-0.25, -0.2) is 5.48 Å². The molecular weight excluding hydrogens is 309 g/mol. The Bertz CT molecular complexity index is 531. The minimum absolute atomic E-state index is 0.0640. The fourth-order valence-electron chi connectivity index (χ4n) is 1.51. The lowest BCUT2D eigenvalue weighted by molar-refractivity contribution is -0.274. The Hall–Kier alpha value is -2.33. The van der Waals surface area contributed by atoms with Crippen LogP contribution in [-0.2, 0) is 4.79 Å². The number of benzene rings is 1. The summed E-state index contributed by atoms with van der Waals surface area (Å²) in [5.74, 6) is -2.38. The number of carbonyl (C=O) groups is 2. The van der Waals surface area contributed by atoms with Gasteiger partial charge in [-0.3, -0.25) is 14.8 Å². The van der Waals surface area contributed by atoms with Crippen molar-refractivity contribution < 1.29 is 37.8 Å². The molecule has 0 saturated heterocycles. The van der Waals surface area contributed by atoms with Crippen molar-refractivity contribution in [3.8, 4) is 5.75 Å². The van der Waals surface area contributed by atoms with Gasteiger partial charge in [-0.15, -0.1) is 13.2 Å². The van der Waals surface area contributed by atoms with E-state index < -0.39 is 36.1 Å². The van der Waals surface area contributed by atoms with Crippen LogP contribution in [0.2, 0.25) is 0 Å². The summed E-state index contributed by atoms with van der Waals surface area (Å²) in [6.07, 6.45) is -6.15. The van der Waals surface area contributed by atoms with Crippen molar-refractivity contribution in [2.24, 2.45) is 0 Å². The number of carbonyl (C=O) groups excluding carboxylic acids is 2. The van der Waals surface area contributed by atoms with Crippen molar-refractivity contribution in [1.29, 1.82) is 0 Å². The van der Waals surface area contributed by atoms with Gasteiger partial charge in [0.05, 0.1) is 6.10 Å². The van der Waals surface area contributed by atoms with Crippen LogP contribution in [0.25, 0.3) is 0 Å². The van der Waals surface area contributed by atoms with Gasteiger partial charge < -0.3 is 15.2 Å². The highest BCUT2D eigenvalue weighted by molar-refractivity contribution is 5.97. The van der Waals surface area contributed by atoms with Crippen LogP contribution in [0.5, 0.6) is 5.75 Å². The van der Waals surface area contributed by atoms with E-state index in [1.807, 2.05) is 0 Å². The van der Waals surface area contributed by atoms with Gasteiger partial charge in [0.2, 0.25) is 0 Å². The molecule has 0 heterocycles. The first kappa shape index (κ1) is 17.7. The maximum atomic E-state index is 12.0. The van der Waals surface area contributed by atoms with Crippen LogP contribution in [0.1, 0.15) is 17.3 Å². The lowest BCUT2D eigenvalue weighted by Crippen LogP contribution is -2.51. The standard InChI is InChI=1S/C12H13F3N2O5/c1-6(18)9(11(20)17-21)16-10(19)7-2-4-8(5-3-7)22-12(13,14)15/h2-6,9,18,21H,1H3,(H,16,19)(H,17,20)/t6-,9-/m0/s1. The number of aliphatic hydroxyl groups is 1. The Labute approximate surface area is 122 Å². The summed E-state index contributed by atoms with van der Waals surface area (Å²) in [5, 5.41) is 20.0. The van der Waals surface area contributed by atoms with Gasteiger partial charge in [0.1, 0.15) is 11.8 Å². The van der Waals surface area contributed by atoms with Gasteiger partial charge in [-0.1, -0.05) is 0 Å². The highest BCUT2D eigenvalue weighted by Crippen LogP contribution is 2.22. The largest absolute Gasteiger partial charge is 0.573 e. The van der Waals surface area contributed by atoms with Gasteiger partial charge in [0, 0.05) is 5.56 Å². The normalized spacial score (nSPS) is 13.9. The summed E-state index contributed by atoms with van der Waals surface area (Å²) in [5.41, 5.74) is 1.22. The summed E-state index contributed by atoms with van der Waals surface area (Å²) < 4.78 is 39.6. The SMILES string of the molecule is C[C@H](O)[C@H](NC(=O)c1ccc(OC(F)(F)F)cc1)C(=O)NO. The smallest absolute Gasteiger partial charge is 0.406 e. The highest BCUT2D eigenvalue weighted by Gasteiger charge is 2.31. The molecule has 22 heavy (non-hydrogen) atoms. The van der Waals surface area contributed by atoms with E-state index in [4.69, 9.17) is 5.21 Å². The summed E-state index contributed by atoms with van der Waals surface area (Å²) in [6.45, 7) is 1.21. The maximum absolute atomic E-state index is 12.0. The average Bonchev–Trinajstić information content (AvgIpc) is 2.42. The van der Waals surface area contributed by atoms with E-state index in [0.717, 1.165) is 24.3 Å². The Morgan fingerprint density at radius 1 is 1.23 bits per heavy atom. The van der Waals surface area contributed by atoms with Gasteiger partial charge in [0.15, 0.2) is 0 Å². The number of aliphatic hydroxyl groups excluding tert-OH is 1. The monoisotopic (exact) mass is 322 g/mol. The number of hydrogen-bond acceptors (Lipinski definition) is 5. The summed E-state index contributed by atoms with van der Waals surface area (Å²) in [7, 11) is 0. The number of nitrogens with one attached hydrogen (secondary N) is 2. The Morgan fingerprint density at radius 2 is 1.77 bits per heavy atom. The number of rotatable bonds is 5. The molecule has 2 amide bonds. The molecule has 1 aromatic carbocycles. The van der Waals surface area contributed by atoms with E-state index in [9.17, 15) is 27.9 Å². The molecule has 2 atom stereocenters. The topological polar surface area (TPSA) is 108 Å². The maximum Gasteiger partial charge on any atom is 0.573 e. The van der Waals surface area contributed by atoms with E-state index >= 15 is 0 Å². The van der Waals surface area contributed by atoms with Crippen molar-refractivity contribution in [3.63, 3.8) is 0 Å². The quantitative estimate of drug-likeness (QED) is 0.468. The van der Waals surface area contributed by atoms with Gasteiger partial charge >= 0.3 is 6.36 Å². The Morgan fingerprint density at radius 3 is 2.18 bits per heavy atom. The van der Waals surface area contributed by atoms with Crippen LogP contribution in [0.15, 0.2) is 24.3 Å². The first-order valence-corrected chi connectivity index (χ1v) is 5.92. The van der Waals surface area contributed by atoms with Crippen molar-refractivity contribution >= 4 is 11.8 Å². The van der Waals surface area contributed by atoms with E-state index in [1.165, 1.54) is 12.4 Å². The fraction of sp³-hybridized carbons (Fsp3) is 0.333. The second-order valence-corrected chi connectivity index (χ2v) is 4.24. The number of hydrogen-bond donors (Lipinski definition) is 4. The molecule has 122 valence electrons. The first-order chi connectivity index (χ1) is 10.1. The fourth-order valence-corrected chi connectivity index (χ4v) is 1.51. The number of amides is 2. The van der Waals surface area contributed by atoms with Crippen LogP contribution in [0, 0.1) is 0 Å². The second kappa shape index (κ2) is 7.09. The lowest BCUT2D eigenvalue weighted by Gasteiger charge is -2.19. The first-order valence-electron chi connectivity index (χ1n) is 5.92. The zero-order valence-corrected chi connectivity index (χ0v) is 11.2. The summed E-state index contributed by atoms with van der Waals surface area (Å²) >= 11 is 0. The van der Waals surface area contributed by atoms with Crippen molar-refractivity contribution in [1.82, 2.24) is 10.8 Å². The molecule has 0 spiro atoms. The Balaban J connectivity index is 2.79. The summed E-state index contributed by atoms with van der Waals surface area (Å²) in [6, 6.07) is 2.51. The van der Waals surface area contributed by atoms with Crippen LogP contribution in [0.3, 0.4) is 0 Å². The van der Waals surface area contributed by atoms with E-state index in [2.05, 4.69) is 10.1 Å². The predicted octanol–water partition coefficient (Wildman–Crippen LogP) is 0.570. The lowest BCUT2D eigenvalue weighted by atomic mass is 10.1.